The Balaban J connectivity index is 1.54. The smallest absolute Gasteiger partial charge is 0.423 e. The molecule has 1 saturated carbocycles. The van der Waals surface area contributed by atoms with Crippen molar-refractivity contribution in [2.75, 3.05) is 6.61 Å². The summed E-state index contributed by atoms with van der Waals surface area (Å²) in [5.74, 6) is -0.844. The number of alkyl halides is 3. The lowest BCUT2D eigenvalue weighted by Gasteiger charge is -2.28. The standard InChI is InChI=1S/C25H29F3O3/c1-2-31-22-16-15-20(24(30)23(22)25(26,27)28)21(29)10-6-7-17-11-13-19(14-12-17)18-8-4-3-5-9-18/h3-5,8-9,15-17,19,30H,2,6-7,10-14H2,1H3. The van der Waals surface area contributed by atoms with E-state index >= 15 is 0 Å². The van der Waals surface area contributed by atoms with Crippen molar-refractivity contribution in [3.05, 3.63) is 59.2 Å². The van der Waals surface area contributed by atoms with Crippen molar-refractivity contribution in [1.29, 1.82) is 0 Å². The fraction of sp³-hybridized carbons (Fsp3) is 0.480. The van der Waals surface area contributed by atoms with Crippen molar-refractivity contribution in [3.8, 4) is 11.5 Å². The molecule has 0 bridgehead atoms. The Kier molecular flexibility index (Phi) is 7.63. The number of ether oxygens (including phenoxy) is 1. The van der Waals surface area contributed by atoms with Crippen LogP contribution >= 0.6 is 0 Å². The summed E-state index contributed by atoms with van der Waals surface area (Å²) in [5, 5.41) is 10.2. The van der Waals surface area contributed by atoms with Gasteiger partial charge in [-0.1, -0.05) is 36.8 Å². The average molecular weight is 434 g/mol. The van der Waals surface area contributed by atoms with Crippen LogP contribution < -0.4 is 4.74 Å². The second-order valence-corrected chi connectivity index (χ2v) is 8.21. The minimum Gasteiger partial charge on any atom is -0.506 e. The predicted octanol–water partition coefficient (Wildman–Crippen LogP) is 7.14. The number of phenolic OH excluding ortho intramolecular Hbond substituents is 1. The fourth-order valence-corrected chi connectivity index (χ4v) is 4.54. The van der Waals surface area contributed by atoms with Gasteiger partial charge in [-0.2, -0.15) is 13.2 Å². The van der Waals surface area contributed by atoms with Gasteiger partial charge in [0.25, 0.3) is 0 Å². The van der Waals surface area contributed by atoms with E-state index in [-0.39, 0.29) is 18.6 Å². The molecule has 1 N–H and O–H groups in total. The van der Waals surface area contributed by atoms with Gasteiger partial charge in [0.2, 0.25) is 0 Å². The van der Waals surface area contributed by atoms with Crippen LogP contribution in [0.5, 0.6) is 11.5 Å². The van der Waals surface area contributed by atoms with Gasteiger partial charge in [-0.3, -0.25) is 4.79 Å². The second kappa shape index (κ2) is 10.2. The fourth-order valence-electron chi connectivity index (χ4n) is 4.54. The summed E-state index contributed by atoms with van der Waals surface area (Å²) in [5.41, 5.74) is -0.189. The average Bonchev–Trinajstić information content (AvgIpc) is 2.74. The predicted molar refractivity (Wildman–Crippen MR) is 114 cm³/mol. The molecule has 0 heterocycles. The Morgan fingerprint density at radius 2 is 1.74 bits per heavy atom. The minimum atomic E-state index is -4.80. The van der Waals surface area contributed by atoms with Crippen LogP contribution in [0.25, 0.3) is 0 Å². The largest absolute Gasteiger partial charge is 0.506 e. The van der Waals surface area contributed by atoms with Crippen LogP contribution in [-0.4, -0.2) is 17.5 Å². The molecular weight excluding hydrogens is 405 g/mol. The van der Waals surface area contributed by atoms with Gasteiger partial charge in [0, 0.05) is 6.42 Å². The SMILES string of the molecule is CCOc1ccc(C(=O)CCCC2CCC(c3ccccc3)CC2)c(O)c1C(F)(F)F. The third-order valence-electron chi connectivity index (χ3n) is 6.16. The molecule has 0 amide bonds. The minimum absolute atomic E-state index is 0.0301. The first kappa shape index (κ1) is 23.2. The Morgan fingerprint density at radius 3 is 2.35 bits per heavy atom. The van der Waals surface area contributed by atoms with Crippen LogP contribution in [0.3, 0.4) is 0 Å². The van der Waals surface area contributed by atoms with Gasteiger partial charge in [0.05, 0.1) is 12.2 Å². The maximum Gasteiger partial charge on any atom is 0.423 e. The molecule has 1 aliphatic rings. The molecule has 3 rings (SSSR count). The Morgan fingerprint density at radius 1 is 1.06 bits per heavy atom. The summed E-state index contributed by atoms with van der Waals surface area (Å²) in [6.45, 7) is 1.59. The zero-order chi connectivity index (χ0) is 22.4. The first-order valence-electron chi connectivity index (χ1n) is 10.9. The van der Waals surface area contributed by atoms with Gasteiger partial charge >= 0.3 is 6.18 Å². The van der Waals surface area contributed by atoms with Crippen LogP contribution in [0.1, 0.15) is 79.3 Å². The number of hydrogen-bond donors (Lipinski definition) is 1. The van der Waals surface area contributed by atoms with Gasteiger partial charge in [-0.05, 0) is 68.6 Å². The Bertz CT molecular complexity index is 870. The highest BCUT2D eigenvalue weighted by Gasteiger charge is 2.39. The van der Waals surface area contributed by atoms with E-state index in [4.69, 9.17) is 4.74 Å². The summed E-state index contributed by atoms with van der Waals surface area (Å²) in [4.78, 5) is 12.5. The van der Waals surface area contributed by atoms with Crippen LogP contribution in [0, 0.1) is 5.92 Å². The zero-order valence-electron chi connectivity index (χ0n) is 17.8. The molecule has 3 nitrogen and oxygen atoms in total. The lowest BCUT2D eigenvalue weighted by molar-refractivity contribution is -0.140. The van der Waals surface area contributed by atoms with Gasteiger partial charge in [0.15, 0.2) is 5.78 Å². The molecule has 31 heavy (non-hydrogen) atoms. The van der Waals surface area contributed by atoms with E-state index in [1.807, 2.05) is 6.07 Å². The lowest BCUT2D eigenvalue weighted by atomic mass is 9.77. The number of Topliss-reactive ketones (excluding diaryl/α,β-unsaturated/α-hetero) is 1. The van der Waals surface area contributed by atoms with E-state index in [0.29, 0.717) is 18.3 Å². The molecule has 1 aliphatic carbocycles. The molecule has 0 aliphatic heterocycles. The third-order valence-corrected chi connectivity index (χ3v) is 6.16. The van der Waals surface area contributed by atoms with Crippen molar-refractivity contribution < 1.29 is 27.8 Å². The molecule has 168 valence electrons. The highest BCUT2D eigenvalue weighted by atomic mass is 19.4. The molecular formula is C25H29F3O3. The van der Waals surface area contributed by atoms with Crippen molar-refractivity contribution >= 4 is 5.78 Å². The highest BCUT2D eigenvalue weighted by molar-refractivity contribution is 5.99. The van der Waals surface area contributed by atoms with E-state index in [0.717, 1.165) is 38.2 Å². The zero-order valence-corrected chi connectivity index (χ0v) is 17.8. The van der Waals surface area contributed by atoms with Crippen LogP contribution in [0.2, 0.25) is 0 Å². The van der Waals surface area contributed by atoms with Gasteiger partial charge in [0.1, 0.15) is 17.1 Å². The Hall–Kier alpha value is -2.50. The van der Waals surface area contributed by atoms with Crippen LogP contribution in [-0.2, 0) is 6.18 Å². The Labute approximate surface area is 181 Å². The number of carbonyl (C=O) groups is 1. The van der Waals surface area contributed by atoms with Crippen LogP contribution in [0.15, 0.2) is 42.5 Å². The maximum atomic E-state index is 13.4. The van der Waals surface area contributed by atoms with Crippen molar-refractivity contribution in [2.24, 2.45) is 5.92 Å². The van der Waals surface area contributed by atoms with Crippen molar-refractivity contribution in [3.63, 3.8) is 0 Å². The first-order valence-corrected chi connectivity index (χ1v) is 10.9. The van der Waals surface area contributed by atoms with Crippen molar-refractivity contribution in [1.82, 2.24) is 0 Å². The number of benzene rings is 2. The molecule has 0 spiro atoms. The summed E-state index contributed by atoms with van der Waals surface area (Å²) >= 11 is 0. The summed E-state index contributed by atoms with van der Waals surface area (Å²) in [6, 6.07) is 12.8. The molecule has 0 aromatic heterocycles. The molecule has 0 unspecified atom stereocenters. The van der Waals surface area contributed by atoms with E-state index in [2.05, 4.69) is 24.3 Å². The van der Waals surface area contributed by atoms with E-state index in [9.17, 15) is 23.1 Å². The van der Waals surface area contributed by atoms with Crippen LogP contribution in [0.4, 0.5) is 13.2 Å². The molecule has 0 saturated heterocycles. The van der Waals surface area contributed by atoms with Gasteiger partial charge in [-0.15, -0.1) is 0 Å². The molecule has 6 heteroatoms. The topological polar surface area (TPSA) is 46.5 Å². The number of ketones is 1. The number of rotatable bonds is 8. The quantitative estimate of drug-likeness (QED) is 0.449. The monoisotopic (exact) mass is 434 g/mol. The normalized spacial score (nSPS) is 19.2. The molecule has 0 radical (unpaired) electrons. The van der Waals surface area contributed by atoms with E-state index in [1.54, 1.807) is 6.92 Å². The van der Waals surface area contributed by atoms with E-state index < -0.39 is 29.0 Å². The molecule has 0 atom stereocenters. The van der Waals surface area contributed by atoms with Crippen molar-refractivity contribution in [2.45, 2.75) is 64.0 Å². The van der Waals surface area contributed by atoms with Gasteiger partial charge in [-0.25, -0.2) is 0 Å². The molecule has 2 aromatic carbocycles. The lowest BCUT2D eigenvalue weighted by Crippen LogP contribution is -2.14. The summed E-state index contributed by atoms with van der Waals surface area (Å²) in [6.07, 6.45) is 1.24. The first-order chi connectivity index (χ1) is 14.8. The summed E-state index contributed by atoms with van der Waals surface area (Å²) in [7, 11) is 0. The third kappa shape index (κ3) is 5.81. The molecule has 1 fully saturated rings. The van der Waals surface area contributed by atoms with E-state index in [1.165, 1.54) is 11.6 Å². The molecule has 2 aromatic rings. The number of hydrogen-bond acceptors (Lipinski definition) is 3. The number of aromatic hydroxyl groups is 1. The number of carbonyl (C=O) groups excluding carboxylic acids is 1. The number of phenols is 1. The highest BCUT2D eigenvalue weighted by Crippen LogP contribution is 2.44. The number of halogens is 3. The summed E-state index contributed by atoms with van der Waals surface area (Å²) < 4.78 is 45.1. The maximum absolute atomic E-state index is 13.4. The second-order valence-electron chi connectivity index (χ2n) is 8.21. The van der Waals surface area contributed by atoms with Gasteiger partial charge < -0.3 is 9.84 Å².